The summed E-state index contributed by atoms with van der Waals surface area (Å²) in [6.07, 6.45) is 0. The van der Waals surface area contributed by atoms with Crippen LogP contribution >= 0.6 is 0 Å². The molecule has 0 aliphatic heterocycles. The van der Waals surface area contributed by atoms with E-state index < -0.39 is 42.6 Å². The first-order chi connectivity index (χ1) is 8.25. The normalized spacial score (nSPS) is 14.8. The molecule has 0 amide bonds. The van der Waals surface area contributed by atoms with Gasteiger partial charge in [-0.1, -0.05) is 0 Å². The Balaban J connectivity index is -0.00000180. The average Bonchev–Trinajstić information content (AvgIpc) is 2.12. The molecule has 0 unspecified atom stereocenters. The van der Waals surface area contributed by atoms with Crippen molar-refractivity contribution in [3.05, 3.63) is 0 Å². The fraction of sp³-hybridized carbons (Fsp3) is 1.00. The van der Waals surface area contributed by atoms with Gasteiger partial charge in [-0.2, -0.15) is 52.0 Å². The zero-order valence-electron chi connectivity index (χ0n) is 8.37. The average molecular weight is 410 g/mol. The van der Waals surface area contributed by atoms with Gasteiger partial charge in [0.15, 0.2) is 0 Å². The van der Waals surface area contributed by atoms with Crippen LogP contribution in [0.5, 0.6) is 0 Å². The van der Waals surface area contributed by atoms with Crippen molar-refractivity contribution >= 4 is 79.4 Å². The molecule has 0 aliphatic rings. The number of halogens is 8. The van der Waals surface area contributed by atoms with E-state index in [4.69, 9.17) is 9.11 Å². The Morgan fingerprint density at radius 1 is 0.545 bits per heavy atom. The van der Waals surface area contributed by atoms with Gasteiger partial charge in [-0.25, -0.2) is 0 Å². The topological polar surface area (TPSA) is 109 Å². The van der Waals surface area contributed by atoms with Crippen molar-refractivity contribution in [2.75, 3.05) is 0 Å². The summed E-state index contributed by atoms with van der Waals surface area (Å²) in [7, 11) is -14.6. The van der Waals surface area contributed by atoms with Gasteiger partial charge >= 0.3 is 102 Å². The van der Waals surface area contributed by atoms with Crippen molar-refractivity contribution in [1.29, 1.82) is 0 Å². The van der Waals surface area contributed by atoms with Crippen LogP contribution in [0.2, 0.25) is 0 Å². The third-order valence-electron chi connectivity index (χ3n) is 1.77. The first-order valence-corrected chi connectivity index (χ1v) is 6.58. The van der Waals surface area contributed by atoms with Crippen LogP contribution in [0.15, 0.2) is 0 Å². The molecule has 0 rings (SSSR count). The fourth-order valence-corrected chi connectivity index (χ4v) is 1.59. The van der Waals surface area contributed by atoms with Gasteiger partial charge in [0.05, 0.1) is 0 Å². The van der Waals surface area contributed by atoms with E-state index in [0.717, 1.165) is 0 Å². The van der Waals surface area contributed by atoms with Crippen molar-refractivity contribution in [2.45, 2.75) is 22.4 Å². The zero-order valence-corrected chi connectivity index (χ0v) is 10.0. The molecule has 0 aromatic heterocycles. The molecule has 0 spiro atoms. The zero-order chi connectivity index (χ0) is 17.0. The molecule has 0 aromatic carbocycles. The number of hydrogen-bond donors (Lipinski definition) is 2. The monoisotopic (exact) mass is 410 g/mol. The fourth-order valence-electron chi connectivity index (χ4n) is 0.690. The molecule has 0 bridgehead atoms. The van der Waals surface area contributed by atoms with Gasteiger partial charge < -0.3 is 0 Å². The van der Waals surface area contributed by atoms with E-state index in [0.29, 0.717) is 0 Å². The predicted octanol–water partition coefficient (Wildman–Crippen LogP) is -0.0788. The van der Waals surface area contributed by atoms with Crippen molar-refractivity contribution in [3.8, 4) is 0 Å². The summed E-state index contributed by atoms with van der Waals surface area (Å²) >= 11 is 0. The molecule has 2 N–H and O–H groups in total. The molecule has 0 saturated carbocycles. The van der Waals surface area contributed by atoms with Crippen LogP contribution in [0.3, 0.4) is 0 Å². The first-order valence-electron chi connectivity index (χ1n) is 3.70. The quantitative estimate of drug-likeness (QED) is 0.373. The van der Waals surface area contributed by atoms with Crippen molar-refractivity contribution in [3.63, 3.8) is 0 Å². The van der Waals surface area contributed by atoms with Crippen LogP contribution in [0.4, 0.5) is 35.1 Å². The van der Waals surface area contributed by atoms with Crippen molar-refractivity contribution < 1.29 is 61.1 Å². The summed E-state index contributed by atoms with van der Waals surface area (Å²) in [6, 6.07) is 0. The molecule has 0 saturated heterocycles. The van der Waals surface area contributed by atoms with Gasteiger partial charge in [0.25, 0.3) is 0 Å². The summed E-state index contributed by atoms with van der Waals surface area (Å²) in [5, 5.41) is -14.3. The maximum absolute atomic E-state index is 12.6. The Hall–Kier alpha value is 1.26. The molecule has 0 heterocycles. The van der Waals surface area contributed by atoms with Crippen LogP contribution < -0.4 is 0 Å². The molecule has 18 heteroatoms. The van der Waals surface area contributed by atoms with Crippen LogP contribution in [0.25, 0.3) is 0 Å². The maximum atomic E-state index is 12.6. The van der Waals surface area contributed by atoms with E-state index in [1.54, 1.807) is 0 Å². The summed E-state index contributed by atoms with van der Waals surface area (Å²) < 4.78 is 155. The third-order valence-corrected chi connectivity index (χ3v) is 3.58. The summed E-state index contributed by atoms with van der Waals surface area (Å²) in [4.78, 5) is 0. The van der Waals surface area contributed by atoms with E-state index in [-0.39, 0.29) is 59.1 Å². The van der Waals surface area contributed by atoms with E-state index in [1.165, 1.54) is 0 Å². The van der Waals surface area contributed by atoms with E-state index in [9.17, 15) is 52.0 Å². The van der Waals surface area contributed by atoms with Gasteiger partial charge in [-0.15, -0.1) is 0 Å². The number of alkyl halides is 8. The molecule has 0 aromatic rings. The Labute approximate surface area is 161 Å². The van der Waals surface area contributed by atoms with Crippen molar-refractivity contribution in [1.82, 2.24) is 0 Å². The van der Waals surface area contributed by atoms with Crippen LogP contribution in [0, 0.1) is 0 Å². The Bertz CT molecular complexity index is 546. The molecule has 0 fully saturated rings. The van der Waals surface area contributed by atoms with Gasteiger partial charge in [0.1, 0.15) is 0 Å². The Kier molecular flexibility index (Phi) is 9.25. The third kappa shape index (κ3) is 4.08. The molecule has 0 aliphatic carbocycles. The van der Waals surface area contributed by atoms with E-state index in [2.05, 4.69) is 0 Å². The minimum atomic E-state index is -7.58. The van der Waals surface area contributed by atoms with Crippen LogP contribution in [-0.4, -0.2) is 107 Å². The molecule has 6 nitrogen and oxygen atoms in total. The van der Waals surface area contributed by atoms with Crippen LogP contribution in [0.1, 0.15) is 0 Å². The number of rotatable bonds is 5. The molecule has 0 atom stereocenters. The first kappa shape index (κ1) is 28.1. The molecule has 22 heavy (non-hydrogen) atoms. The van der Waals surface area contributed by atoms with Gasteiger partial charge in [-0.3, -0.25) is 9.11 Å². The van der Waals surface area contributed by atoms with Crippen molar-refractivity contribution in [2.24, 2.45) is 0 Å². The number of hydrogen-bond acceptors (Lipinski definition) is 4. The van der Waals surface area contributed by atoms with Gasteiger partial charge in [0, 0.05) is 0 Å². The second-order valence-corrected chi connectivity index (χ2v) is 6.06. The van der Waals surface area contributed by atoms with E-state index >= 15 is 0 Å². The molecule has 0 radical (unpaired) electrons. The van der Waals surface area contributed by atoms with Gasteiger partial charge in [0.2, 0.25) is 0 Å². The second kappa shape index (κ2) is 7.25. The Morgan fingerprint density at radius 2 is 0.682 bits per heavy atom. The van der Waals surface area contributed by atoms with E-state index in [1.807, 2.05) is 0 Å². The minimum absolute atomic E-state index is 0. The molecular weight excluding hydrogens is 406 g/mol. The predicted molar refractivity (Wildman–Crippen MR) is 57.2 cm³/mol. The SMILES string of the molecule is O=S(=O)(O)C(F)(F)C(F)(F)C(F)(F)C(F)(F)S(=O)(=O)O.[NaH].[NaH]. The standard InChI is InChI=1S/C4H2F8O6S2.2Na.2H/c5-1(6,3(9,10)19(13,14)15)2(7,8)4(11,12)20(16,17)18;;;;/h(H,13,14,15)(H,16,17,18);;;;. The second-order valence-electron chi connectivity index (χ2n) is 3.13. The van der Waals surface area contributed by atoms with Gasteiger partial charge in [-0.05, 0) is 0 Å². The summed E-state index contributed by atoms with van der Waals surface area (Å²) in [5.74, 6) is -15.2. The Morgan fingerprint density at radius 3 is 0.773 bits per heavy atom. The summed E-state index contributed by atoms with van der Waals surface area (Å²) in [6.45, 7) is 0. The van der Waals surface area contributed by atoms with Crippen LogP contribution in [-0.2, 0) is 20.2 Å². The molecular formula is C4H4F8Na2O6S2. The molecule has 126 valence electrons. The summed E-state index contributed by atoms with van der Waals surface area (Å²) in [5.41, 5.74) is 0.